The number of hydrogen-bond acceptors (Lipinski definition) is 3. The van der Waals surface area contributed by atoms with Crippen molar-refractivity contribution in [3.8, 4) is 0 Å². The van der Waals surface area contributed by atoms with Crippen molar-refractivity contribution < 1.29 is 13.0 Å². The molecular weight excluding hydrogens is 271 g/mol. The molecule has 0 spiro atoms. The van der Waals surface area contributed by atoms with Crippen molar-refractivity contribution in [3.05, 3.63) is 22.8 Å². The van der Waals surface area contributed by atoms with E-state index in [1.807, 2.05) is 0 Å². The van der Waals surface area contributed by atoms with Gasteiger partial charge in [0.05, 0.1) is 0 Å². The maximum atomic E-state index is 10.3. The molecule has 1 rings (SSSR count). The molecule has 0 aromatic carbocycles. The first-order valence-electron chi connectivity index (χ1n) is 2.84. The Morgan fingerprint density at radius 2 is 2.08 bits per heavy atom. The van der Waals surface area contributed by atoms with E-state index < -0.39 is 10.3 Å². The summed E-state index contributed by atoms with van der Waals surface area (Å²) in [6.45, 7) is 0. The predicted molar refractivity (Wildman–Crippen MR) is 54.3 cm³/mol. The van der Waals surface area contributed by atoms with Crippen molar-refractivity contribution in [2.24, 2.45) is 0 Å². The third-order valence-electron chi connectivity index (χ3n) is 0.961. The molecule has 0 radical (unpaired) electrons. The molecule has 0 fully saturated rings. The first-order chi connectivity index (χ1) is 5.47. The van der Waals surface area contributed by atoms with E-state index in [1.54, 1.807) is 10.8 Å². The summed E-state index contributed by atoms with van der Waals surface area (Å²) in [5.74, 6) is 0.0701. The van der Waals surface area contributed by atoms with Gasteiger partial charge in [-0.1, -0.05) is 0 Å². The van der Waals surface area contributed by atoms with Crippen molar-refractivity contribution in [2.75, 3.05) is 4.72 Å². The zero-order valence-electron chi connectivity index (χ0n) is 5.73. The third kappa shape index (κ3) is 5.61. The van der Waals surface area contributed by atoms with E-state index in [0.717, 1.165) is 4.47 Å². The Balaban J connectivity index is 0.00000144. The van der Waals surface area contributed by atoms with Gasteiger partial charge in [-0.3, -0.25) is 4.55 Å². The summed E-state index contributed by atoms with van der Waals surface area (Å²) in [7, 11) is -4.22. The summed E-state index contributed by atoms with van der Waals surface area (Å²) < 4.78 is 31.4. The predicted octanol–water partition coefficient (Wildman–Crippen LogP) is 0.410. The molecule has 68 valence electrons. The average molecular weight is 277 g/mol. The van der Waals surface area contributed by atoms with E-state index in [1.165, 1.54) is 12.3 Å². The molecule has 1 aromatic heterocycles. The average Bonchev–Trinajstić information content (AvgIpc) is 1.91. The number of rotatable bonds is 2. The standard InChI is InChI=1S/C5H5BrN2O3S.Na.H/c6-4-1-2-5(7-3-4)8-12(9,10)11;;/h1-3H,(H,7,8)(H,9,10,11);;. The van der Waals surface area contributed by atoms with E-state index in [2.05, 4.69) is 20.9 Å². The maximum absolute atomic E-state index is 10.3. The summed E-state index contributed by atoms with van der Waals surface area (Å²) in [5.41, 5.74) is 0. The molecule has 5 nitrogen and oxygen atoms in total. The van der Waals surface area contributed by atoms with Crippen LogP contribution in [0.3, 0.4) is 0 Å². The van der Waals surface area contributed by atoms with Crippen LogP contribution < -0.4 is 4.72 Å². The molecule has 0 atom stereocenters. The molecule has 1 heterocycles. The van der Waals surface area contributed by atoms with Crippen molar-refractivity contribution in [1.29, 1.82) is 0 Å². The minimum atomic E-state index is -4.22. The molecule has 0 aliphatic rings. The molecule has 13 heavy (non-hydrogen) atoms. The monoisotopic (exact) mass is 276 g/mol. The van der Waals surface area contributed by atoms with Crippen LogP contribution in [-0.4, -0.2) is 47.5 Å². The number of pyridine rings is 1. The van der Waals surface area contributed by atoms with Crippen LogP contribution in [0, 0.1) is 0 Å². The minimum absolute atomic E-state index is 0. The van der Waals surface area contributed by atoms with Crippen LogP contribution in [0.4, 0.5) is 5.82 Å². The molecule has 0 saturated heterocycles. The van der Waals surface area contributed by atoms with E-state index in [0.29, 0.717) is 0 Å². The van der Waals surface area contributed by atoms with Crippen LogP contribution in [0.1, 0.15) is 0 Å². The normalized spacial score (nSPS) is 10.3. The van der Waals surface area contributed by atoms with Gasteiger partial charge in [0.1, 0.15) is 5.82 Å². The van der Waals surface area contributed by atoms with Crippen molar-refractivity contribution in [2.45, 2.75) is 0 Å². The second-order valence-corrected chi connectivity index (χ2v) is 4.01. The molecule has 0 saturated carbocycles. The third-order valence-corrected chi connectivity index (χ3v) is 1.90. The van der Waals surface area contributed by atoms with Gasteiger partial charge in [0.15, 0.2) is 0 Å². The van der Waals surface area contributed by atoms with Crippen LogP contribution in [0.2, 0.25) is 0 Å². The second kappa shape index (κ2) is 5.28. The molecular formula is C5H6BrN2NaO3S. The number of nitrogens with zero attached hydrogens (tertiary/aromatic N) is 1. The molecule has 0 unspecified atom stereocenters. The van der Waals surface area contributed by atoms with Gasteiger partial charge in [-0.2, -0.15) is 8.42 Å². The number of nitrogens with one attached hydrogen (secondary N) is 1. The van der Waals surface area contributed by atoms with Crippen LogP contribution >= 0.6 is 15.9 Å². The zero-order valence-corrected chi connectivity index (χ0v) is 8.13. The topological polar surface area (TPSA) is 79.3 Å². The summed E-state index contributed by atoms with van der Waals surface area (Å²) in [6, 6.07) is 3.01. The Bertz CT molecular complexity index is 366. The summed E-state index contributed by atoms with van der Waals surface area (Å²) in [5, 5.41) is 0. The van der Waals surface area contributed by atoms with Gasteiger partial charge in [0.2, 0.25) is 0 Å². The summed E-state index contributed by atoms with van der Waals surface area (Å²) in [4.78, 5) is 3.67. The Morgan fingerprint density at radius 1 is 1.46 bits per heavy atom. The number of hydrogen-bond donors (Lipinski definition) is 2. The number of halogens is 1. The van der Waals surface area contributed by atoms with Gasteiger partial charge in [-0.15, -0.1) is 0 Å². The molecule has 0 bridgehead atoms. The Labute approximate surface area is 106 Å². The number of aromatic nitrogens is 1. The molecule has 0 aliphatic heterocycles. The first-order valence-corrected chi connectivity index (χ1v) is 5.07. The molecule has 1 aromatic rings. The van der Waals surface area contributed by atoms with Gasteiger partial charge >= 0.3 is 39.9 Å². The number of anilines is 1. The van der Waals surface area contributed by atoms with Gasteiger partial charge < -0.3 is 0 Å². The summed E-state index contributed by atoms with van der Waals surface area (Å²) in [6.07, 6.45) is 1.41. The van der Waals surface area contributed by atoms with Crippen LogP contribution in [-0.2, 0) is 10.3 Å². The zero-order chi connectivity index (χ0) is 9.19. The molecule has 8 heteroatoms. The second-order valence-electron chi connectivity index (χ2n) is 1.94. The molecule has 0 aliphatic carbocycles. The van der Waals surface area contributed by atoms with E-state index in [9.17, 15) is 8.42 Å². The van der Waals surface area contributed by atoms with Crippen molar-refractivity contribution >= 4 is 61.6 Å². The van der Waals surface area contributed by atoms with Crippen molar-refractivity contribution in [3.63, 3.8) is 0 Å². The van der Waals surface area contributed by atoms with E-state index >= 15 is 0 Å². The van der Waals surface area contributed by atoms with Crippen LogP contribution in [0.5, 0.6) is 0 Å². The Kier molecular flexibility index (Phi) is 5.42. The van der Waals surface area contributed by atoms with Gasteiger partial charge in [0, 0.05) is 10.7 Å². The van der Waals surface area contributed by atoms with Crippen LogP contribution in [0.25, 0.3) is 0 Å². The molecule has 2 N–H and O–H groups in total. The fraction of sp³-hybridized carbons (Fsp3) is 0. The van der Waals surface area contributed by atoms with Crippen molar-refractivity contribution in [1.82, 2.24) is 4.98 Å². The molecule has 0 amide bonds. The van der Waals surface area contributed by atoms with Gasteiger partial charge in [0.25, 0.3) is 0 Å². The quantitative estimate of drug-likeness (QED) is 0.606. The summed E-state index contributed by atoms with van der Waals surface area (Å²) >= 11 is 3.12. The van der Waals surface area contributed by atoms with E-state index in [-0.39, 0.29) is 35.4 Å². The first kappa shape index (κ1) is 13.3. The van der Waals surface area contributed by atoms with Gasteiger partial charge in [-0.05, 0) is 28.1 Å². The fourth-order valence-corrected chi connectivity index (χ4v) is 1.19. The van der Waals surface area contributed by atoms with Gasteiger partial charge in [-0.25, -0.2) is 9.71 Å². The van der Waals surface area contributed by atoms with Crippen LogP contribution in [0.15, 0.2) is 22.8 Å². The Morgan fingerprint density at radius 3 is 2.46 bits per heavy atom. The van der Waals surface area contributed by atoms with E-state index in [4.69, 9.17) is 4.55 Å². The Hall–Kier alpha value is 0.340. The fourth-order valence-electron chi connectivity index (χ4n) is 0.568. The SMILES string of the molecule is O=S(=O)(O)Nc1ccc(Br)cn1.[NaH].